The predicted octanol–water partition coefficient (Wildman–Crippen LogP) is 16.9. The van der Waals surface area contributed by atoms with Gasteiger partial charge in [-0.15, -0.1) is 6.58 Å². The maximum Gasteiger partial charge on any atom is 0.0723 e. The van der Waals surface area contributed by atoms with E-state index in [2.05, 4.69) is 207 Å². The molecular formula is C62H59N3. The van der Waals surface area contributed by atoms with E-state index in [-0.39, 0.29) is 12.0 Å². The first kappa shape index (κ1) is 45.3. The maximum atomic E-state index is 4.65. The summed E-state index contributed by atoms with van der Waals surface area (Å²) in [5, 5.41) is 11.4. The Kier molecular flexibility index (Phi) is 15.0. The van der Waals surface area contributed by atoms with Crippen LogP contribution in [0.3, 0.4) is 0 Å². The third-order valence-corrected chi connectivity index (χ3v) is 12.0. The van der Waals surface area contributed by atoms with Crippen molar-refractivity contribution >= 4 is 54.8 Å². The second kappa shape index (κ2) is 21.6. The van der Waals surface area contributed by atoms with Crippen LogP contribution in [0.2, 0.25) is 0 Å². The summed E-state index contributed by atoms with van der Waals surface area (Å²) in [5.41, 5.74) is 12.5. The molecule has 0 bridgehead atoms. The van der Waals surface area contributed by atoms with E-state index in [1.165, 1.54) is 54.6 Å². The van der Waals surface area contributed by atoms with Gasteiger partial charge in [0.2, 0.25) is 0 Å². The molecule has 0 saturated heterocycles. The highest BCUT2D eigenvalue weighted by molar-refractivity contribution is 6.25. The van der Waals surface area contributed by atoms with Crippen LogP contribution in [0.25, 0.3) is 43.5 Å². The van der Waals surface area contributed by atoms with Crippen LogP contribution in [0, 0.1) is 5.92 Å². The van der Waals surface area contributed by atoms with Crippen molar-refractivity contribution in [2.45, 2.75) is 39.7 Å². The molecule has 5 aromatic carbocycles. The summed E-state index contributed by atoms with van der Waals surface area (Å²) >= 11 is 0. The summed E-state index contributed by atoms with van der Waals surface area (Å²) in [7, 11) is 0. The second-order valence-corrected chi connectivity index (χ2v) is 16.0. The normalized spacial score (nSPS) is 17.0. The van der Waals surface area contributed by atoms with Gasteiger partial charge in [0.15, 0.2) is 0 Å². The molecule has 3 heteroatoms. The molecule has 0 amide bonds. The van der Waals surface area contributed by atoms with Gasteiger partial charge in [0.25, 0.3) is 0 Å². The molecule has 0 fully saturated rings. The van der Waals surface area contributed by atoms with E-state index < -0.39 is 0 Å². The molecule has 9 rings (SSSR count). The summed E-state index contributed by atoms with van der Waals surface area (Å²) in [5.74, 6) is 0.0216. The molecule has 3 heterocycles. The lowest BCUT2D eigenvalue weighted by molar-refractivity contribution is 0.749. The number of anilines is 2. The zero-order valence-electron chi connectivity index (χ0n) is 38.1. The molecule has 0 radical (unpaired) electrons. The Morgan fingerprint density at radius 1 is 0.754 bits per heavy atom. The number of nitrogens with one attached hydrogen (secondary N) is 1. The van der Waals surface area contributed by atoms with Crippen molar-refractivity contribution < 1.29 is 0 Å². The number of rotatable bonds is 10. The molecule has 1 N–H and O–H groups in total. The molecule has 3 aliphatic rings. The zero-order valence-corrected chi connectivity index (χ0v) is 38.1. The fourth-order valence-corrected chi connectivity index (χ4v) is 8.56. The molecule has 6 aromatic rings. The van der Waals surface area contributed by atoms with Crippen LogP contribution in [0.1, 0.15) is 56.3 Å². The number of dihydropyridines is 1. The molecule has 322 valence electrons. The highest BCUT2D eigenvalue weighted by Gasteiger charge is 2.32. The van der Waals surface area contributed by atoms with Gasteiger partial charge < -0.3 is 10.2 Å². The van der Waals surface area contributed by atoms with Crippen LogP contribution in [0.4, 0.5) is 11.4 Å². The molecule has 0 spiro atoms. The molecule has 2 atom stereocenters. The van der Waals surface area contributed by atoms with Crippen molar-refractivity contribution in [3.63, 3.8) is 0 Å². The highest BCUT2D eigenvalue weighted by atomic mass is 15.2. The van der Waals surface area contributed by atoms with Crippen molar-refractivity contribution in [3.8, 4) is 0 Å². The Labute approximate surface area is 386 Å². The first-order valence-electron chi connectivity index (χ1n) is 22.5. The van der Waals surface area contributed by atoms with Gasteiger partial charge in [-0.2, -0.15) is 0 Å². The van der Waals surface area contributed by atoms with Crippen LogP contribution < -0.4 is 10.2 Å². The largest absolute Gasteiger partial charge is 0.380 e. The topological polar surface area (TPSA) is 28.2 Å². The quantitative estimate of drug-likeness (QED) is 0.0846. The van der Waals surface area contributed by atoms with Gasteiger partial charge in [-0.25, -0.2) is 0 Å². The van der Waals surface area contributed by atoms with Gasteiger partial charge in [0.1, 0.15) is 0 Å². The fourth-order valence-electron chi connectivity index (χ4n) is 8.56. The van der Waals surface area contributed by atoms with Crippen molar-refractivity contribution in [2.24, 2.45) is 5.92 Å². The van der Waals surface area contributed by atoms with Gasteiger partial charge in [-0.1, -0.05) is 191 Å². The number of fused-ring (bicyclic) bond motifs is 7. The molecule has 2 unspecified atom stereocenters. The Balaban J connectivity index is 0.000000730. The maximum absolute atomic E-state index is 4.65. The number of aromatic nitrogens is 1. The molecular weight excluding hydrogens is 787 g/mol. The van der Waals surface area contributed by atoms with Gasteiger partial charge in [0.05, 0.1) is 23.6 Å². The van der Waals surface area contributed by atoms with Gasteiger partial charge >= 0.3 is 0 Å². The minimum atomic E-state index is 0.00949. The van der Waals surface area contributed by atoms with Gasteiger partial charge in [0, 0.05) is 29.6 Å². The molecule has 1 aliphatic carbocycles. The third kappa shape index (κ3) is 9.76. The Morgan fingerprint density at radius 2 is 1.45 bits per heavy atom. The Hall–Kier alpha value is -7.75. The lowest BCUT2D eigenvalue weighted by Gasteiger charge is -2.37. The van der Waals surface area contributed by atoms with Gasteiger partial charge in [-0.05, 0) is 123 Å². The SMILES string of the molecule is C/C=C\C.C=C/C(=C\C(=C)CC)C/C=C1\C2=C(C=CC=CC2C=C)N(c2cccc(C3C=CC(c4ccc5c6ccccc6c6ccccc6c5c4)=CN3)c2)c2cnccc21.C=CC=C. The lowest BCUT2D eigenvalue weighted by Crippen LogP contribution is -2.25. The number of hydrogen-bond acceptors (Lipinski definition) is 3. The van der Waals surface area contributed by atoms with Gasteiger partial charge in [-0.3, -0.25) is 4.98 Å². The predicted molar refractivity (Wildman–Crippen MR) is 285 cm³/mol. The summed E-state index contributed by atoms with van der Waals surface area (Å²) in [6.45, 7) is 25.5. The summed E-state index contributed by atoms with van der Waals surface area (Å²) < 4.78 is 0. The van der Waals surface area contributed by atoms with E-state index >= 15 is 0 Å². The summed E-state index contributed by atoms with van der Waals surface area (Å²) in [4.78, 5) is 7.01. The second-order valence-electron chi connectivity index (χ2n) is 16.0. The van der Waals surface area contributed by atoms with Crippen molar-refractivity contribution in [1.29, 1.82) is 0 Å². The van der Waals surface area contributed by atoms with E-state index in [0.717, 1.165) is 52.2 Å². The highest BCUT2D eigenvalue weighted by Crippen LogP contribution is 2.49. The average molecular weight is 846 g/mol. The smallest absolute Gasteiger partial charge is 0.0723 e. The first-order chi connectivity index (χ1) is 31.9. The van der Waals surface area contributed by atoms with Crippen LogP contribution in [-0.4, -0.2) is 4.98 Å². The third-order valence-electron chi connectivity index (χ3n) is 12.0. The lowest BCUT2D eigenvalue weighted by atomic mass is 9.82. The fraction of sp³-hybridized carbons (Fsp3) is 0.113. The number of nitrogens with zero attached hydrogens (tertiary/aromatic N) is 2. The minimum Gasteiger partial charge on any atom is -0.380 e. The standard InChI is InChI=1S/C54H45N3.C4H8.C4H6/c1-5-36(4)31-37(6-2)23-26-49-48-29-30-55-35-53(48)57(52-22-13-8-15-38(7-3)54(49)52)42-17-14-16-40(32-42)51-28-25-41(34-56-51)39-24-27-47-45-20-10-9-18-43(45)44-19-11-12-21-46(44)50(47)33-39;2*1-3-4-2/h6-22,24-35,38,51,56H,2-5,23H2,1H3;3-4H,1-2H3;3-4H,1-2H2/b37-31+,49-26-;4-3-;. The van der Waals surface area contributed by atoms with E-state index in [1.54, 1.807) is 12.2 Å². The molecule has 2 aliphatic heterocycles. The Morgan fingerprint density at radius 3 is 2.06 bits per heavy atom. The molecule has 1 aromatic heterocycles. The van der Waals surface area contributed by atoms with Crippen LogP contribution in [-0.2, 0) is 0 Å². The Bertz CT molecular complexity index is 3000. The van der Waals surface area contributed by atoms with E-state index in [9.17, 15) is 0 Å². The molecule has 0 saturated carbocycles. The summed E-state index contributed by atoms with van der Waals surface area (Å²) in [6, 6.07) is 35.4. The van der Waals surface area contributed by atoms with Crippen LogP contribution >= 0.6 is 0 Å². The zero-order chi connectivity index (χ0) is 45.7. The summed E-state index contributed by atoms with van der Waals surface area (Å²) in [6.07, 6.45) is 36.7. The minimum absolute atomic E-state index is 0.00949. The monoisotopic (exact) mass is 845 g/mol. The van der Waals surface area contributed by atoms with E-state index in [0.29, 0.717) is 0 Å². The van der Waals surface area contributed by atoms with E-state index in [1.807, 2.05) is 50.5 Å². The van der Waals surface area contributed by atoms with Crippen molar-refractivity contribution in [1.82, 2.24) is 10.3 Å². The molecule has 65 heavy (non-hydrogen) atoms. The van der Waals surface area contributed by atoms with Crippen LogP contribution in [0.15, 0.2) is 256 Å². The van der Waals surface area contributed by atoms with E-state index in [4.69, 9.17) is 0 Å². The van der Waals surface area contributed by atoms with Crippen molar-refractivity contribution in [3.05, 3.63) is 273 Å². The number of benzene rings is 5. The molecule has 3 nitrogen and oxygen atoms in total. The van der Waals surface area contributed by atoms with Crippen LogP contribution in [0.5, 0.6) is 0 Å². The average Bonchev–Trinajstić information content (AvgIpc) is 3.59. The van der Waals surface area contributed by atoms with Crippen molar-refractivity contribution in [2.75, 3.05) is 4.90 Å². The number of allylic oxidation sites excluding steroid dienone is 18. The number of pyridine rings is 1. The first-order valence-corrected chi connectivity index (χ1v) is 22.5. The number of hydrogen-bond donors (Lipinski definition) is 1.